The fourth-order valence-electron chi connectivity index (χ4n) is 4.42. The van der Waals surface area contributed by atoms with Gasteiger partial charge in [0.25, 0.3) is 5.56 Å². The third-order valence-corrected chi connectivity index (χ3v) is 6.01. The van der Waals surface area contributed by atoms with Crippen molar-refractivity contribution in [1.82, 2.24) is 9.55 Å². The second kappa shape index (κ2) is 7.61. The molecule has 2 aromatic heterocycles. The standard InChI is InChI=1S/C22H20N4O5.ClH/c1-2-22(31-18(27)8-23)14-7-17-19-11(6-12-15(24)4-3-5-16(12)25-19)9-26(17)20(28)13(14)10-30-21(22)29;/h3-7H,2,8-10,23-24H2,1H3;1H. The Kier molecular flexibility index (Phi) is 5.18. The van der Waals surface area contributed by atoms with Gasteiger partial charge in [0.1, 0.15) is 6.61 Å². The maximum atomic E-state index is 13.4. The van der Waals surface area contributed by atoms with Crippen molar-refractivity contribution < 1.29 is 19.1 Å². The van der Waals surface area contributed by atoms with Crippen molar-refractivity contribution >= 4 is 40.9 Å². The Morgan fingerprint density at radius 3 is 2.81 bits per heavy atom. The van der Waals surface area contributed by atoms with Crippen LogP contribution in [0.3, 0.4) is 0 Å². The Morgan fingerprint density at radius 1 is 1.31 bits per heavy atom. The fraction of sp³-hybridized carbons (Fsp3) is 0.273. The molecular weight excluding hydrogens is 436 g/mol. The first-order chi connectivity index (χ1) is 14.9. The molecule has 0 amide bonds. The third-order valence-electron chi connectivity index (χ3n) is 6.01. The van der Waals surface area contributed by atoms with Crippen LogP contribution in [0.1, 0.15) is 30.0 Å². The molecule has 0 spiro atoms. The summed E-state index contributed by atoms with van der Waals surface area (Å²) < 4.78 is 12.3. The van der Waals surface area contributed by atoms with Crippen LogP contribution in [0.25, 0.3) is 22.3 Å². The number of carbonyl (C=O) groups is 2. The molecular formula is C22H21ClN4O5. The lowest BCUT2D eigenvalue weighted by molar-refractivity contribution is -0.188. The van der Waals surface area contributed by atoms with E-state index in [9.17, 15) is 14.4 Å². The summed E-state index contributed by atoms with van der Waals surface area (Å²) in [5.74, 6) is -1.47. The fourth-order valence-corrected chi connectivity index (χ4v) is 4.42. The molecule has 166 valence electrons. The van der Waals surface area contributed by atoms with Crippen LogP contribution in [-0.4, -0.2) is 28.0 Å². The maximum absolute atomic E-state index is 13.4. The van der Waals surface area contributed by atoms with Crippen LogP contribution in [0, 0.1) is 0 Å². The normalized spacial score (nSPS) is 18.2. The minimum absolute atomic E-state index is 0. The van der Waals surface area contributed by atoms with E-state index < -0.39 is 24.1 Å². The van der Waals surface area contributed by atoms with Crippen LogP contribution >= 0.6 is 12.4 Å². The number of esters is 2. The van der Waals surface area contributed by atoms with E-state index in [0.717, 1.165) is 10.9 Å². The Balaban J connectivity index is 0.00000245. The van der Waals surface area contributed by atoms with Crippen molar-refractivity contribution in [1.29, 1.82) is 0 Å². The van der Waals surface area contributed by atoms with Gasteiger partial charge < -0.3 is 25.5 Å². The number of nitrogens with two attached hydrogens (primary N) is 2. The van der Waals surface area contributed by atoms with Crippen LogP contribution < -0.4 is 17.0 Å². The zero-order chi connectivity index (χ0) is 21.9. The number of pyridine rings is 2. The molecule has 0 aliphatic carbocycles. The van der Waals surface area contributed by atoms with E-state index in [2.05, 4.69) is 0 Å². The molecule has 1 atom stereocenters. The molecule has 3 aromatic rings. The van der Waals surface area contributed by atoms with Crippen molar-refractivity contribution in [2.75, 3.05) is 12.3 Å². The van der Waals surface area contributed by atoms with E-state index >= 15 is 0 Å². The lowest BCUT2D eigenvalue weighted by atomic mass is 9.85. The van der Waals surface area contributed by atoms with Crippen LogP contribution in [0.5, 0.6) is 0 Å². The number of rotatable bonds is 3. The number of cyclic esters (lactones) is 1. The number of nitrogen functional groups attached to an aromatic ring is 1. The molecule has 10 heteroatoms. The second-order valence-electron chi connectivity index (χ2n) is 7.66. The van der Waals surface area contributed by atoms with E-state index in [1.165, 1.54) is 0 Å². The lowest BCUT2D eigenvalue weighted by Crippen LogP contribution is -2.48. The van der Waals surface area contributed by atoms with Crippen molar-refractivity contribution in [2.45, 2.75) is 32.1 Å². The van der Waals surface area contributed by atoms with Crippen molar-refractivity contribution in [3.63, 3.8) is 0 Å². The molecule has 0 saturated carbocycles. The van der Waals surface area contributed by atoms with Gasteiger partial charge in [-0.05, 0) is 30.7 Å². The molecule has 2 aliphatic rings. The van der Waals surface area contributed by atoms with E-state index in [-0.39, 0.29) is 36.6 Å². The molecule has 1 aromatic carbocycles. The average molecular weight is 457 g/mol. The maximum Gasteiger partial charge on any atom is 0.355 e. The molecule has 9 nitrogen and oxygen atoms in total. The first-order valence-electron chi connectivity index (χ1n) is 9.94. The van der Waals surface area contributed by atoms with Crippen molar-refractivity contribution in [3.05, 3.63) is 57.4 Å². The minimum atomic E-state index is -1.72. The van der Waals surface area contributed by atoms with E-state index in [1.807, 2.05) is 18.2 Å². The molecule has 5 rings (SSSR count). The highest BCUT2D eigenvalue weighted by atomic mass is 35.5. The summed E-state index contributed by atoms with van der Waals surface area (Å²) in [4.78, 5) is 42.9. The SMILES string of the molecule is CCC1(OC(=O)CN)C(=O)OCc2c1cc1n(c2=O)Cc2cc3c(N)cccc3nc2-1.Cl. The van der Waals surface area contributed by atoms with E-state index in [4.69, 9.17) is 25.9 Å². The second-order valence-corrected chi connectivity index (χ2v) is 7.66. The summed E-state index contributed by atoms with van der Waals surface area (Å²) >= 11 is 0. The number of anilines is 1. The number of carbonyl (C=O) groups excluding carboxylic acids is 2. The van der Waals surface area contributed by atoms with E-state index in [1.54, 1.807) is 23.6 Å². The van der Waals surface area contributed by atoms with Gasteiger partial charge in [0.05, 0.1) is 35.6 Å². The van der Waals surface area contributed by atoms with Crippen LogP contribution in [-0.2, 0) is 37.8 Å². The van der Waals surface area contributed by atoms with Gasteiger partial charge in [-0.2, -0.15) is 0 Å². The zero-order valence-corrected chi connectivity index (χ0v) is 18.0. The number of aromatic nitrogens is 2. The average Bonchev–Trinajstić information content (AvgIpc) is 3.13. The quantitative estimate of drug-likeness (QED) is 0.350. The Hall–Kier alpha value is -3.43. The van der Waals surface area contributed by atoms with E-state index in [0.29, 0.717) is 34.7 Å². The first kappa shape index (κ1) is 21.8. The summed E-state index contributed by atoms with van der Waals surface area (Å²) in [6.07, 6.45) is 0.0992. The van der Waals surface area contributed by atoms with Gasteiger partial charge in [0.2, 0.25) is 5.60 Å². The minimum Gasteiger partial charge on any atom is -0.457 e. The highest BCUT2D eigenvalue weighted by Gasteiger charge is 2.50. The van der Waals surface area contributed by atoms with Crippen LogP contribution in [0.2, 0.25) is 0 Å². The number of fused-ring (bicyclic) bond motifs is 5. The molecule has 0 radical (unpaired) electrons. The van der Waals surface area contributed by atoms with Gasteiger partial charge in [-0.3, -0.25) is 9.59 Å². The Bertz CT molecular complexity index is 1350. The largest absolute Gasteiger partial charge is 0.457 e. The van der Waals surface area contributed by atoms with Crippen molar-refractivity contribution in [2.24, 2.45) is 5.73 Å². The summed E-state index contributed by atoms with van der Waals surface area (Å²) in [5.41, 5.74) is 13.4. The summed E-state index contributed by atoms with van der Waals surface area (Å²) in [7, 11) is 0. The van der Waals surface area contributed by atoms with Gasteiger partial charge in [-0.25, -0.2) is 9.78 Å². The van der Waals surface area contributed by atoms with Crippen molar-refractivity contribution in [3.8, 4) is 11.4 Å². The molecule has 4 heterocycles. The molecule has 0 fully saturated rings. The lowest BCUT2D eigenvalue weighted by Gasteiger charge is -2.35. The molecule has 1 unspecified atom stereocenters. The number of hydrogen-bond donors (Lipinski definition) is 2. The van der Waals surface area contributed by atoms with Crippen LogP contribution in [0.15, 0.2) is 35.1 Å². The Labute approximate surface area is 188 Å². The Morgan fingerprint density at radius 2 is 2.09 bits per heavy atom. The summed E-state index contributed by atoms with van der Waals surface area (Å²) in [6, 6.07) is 9.11. The molecule has 2 aliphatic heterocycles. The number of benzene rings is 1. The topological polar surface area (TPSA) is 140 Å². The van der Waals surface area contributed by atoms with Gasteiger partial charge in [0.15, 0.2) is 0 Å². The van der Waals surface area contributed by atoms with Gasteiger partial charge >= 0.3 is 11.9 Å². The molecule has 0 saturated heterocycles. The monoisotopic (exact) mass is 456 g/mol. The molecule has 0 bridgehead atoms. The third kappa shape index (κ3) is 2.89. The highest BCUT2D eigenvalue weighted by molar-refractivity contribution is 5.93. The van der Waals surface area contributed by atoms with Gasteiger partial charge in [-0.15, -0.1) is 12.4 Å². The number of nitrogens with zero attached hydrogens (tertiary/aromatic N) is 2. The van der Waals surface area contributed by atoms with Gasteiger partial charge in [-0.1, -0.05) is 13.0 Å². The number of ether oxygens (including phenoxy) is 2. The smallest absolute Gasteiger partial charge is 0.355 e. The predicted octanol–water partition coefficient (Wildman–Crippen LogP) is 1.59. The molecule has 32 heavy (non-hydrogen) atoms. The molecule has 4 N–H and O–H groups in total. The summed E-state index contributed by atoms with van der Waals surface area (Å²) in [6.45, 7) is 1.43. The number of hydrogen-bond acceptors (Lipinski definition) is 8. The highest BCUT2D eigenvalue weighted by Crippen LogP contribution is 2.41. The zero-order valence-electron chi connectivity index (χ0n) is 17.2. The van der Waals surface area contributed by atoms with Crippen LogP contribution in [0.4, 0.5) is 5.69 Å². The van der Waals surface area contributed by atoms with Gasteiger partial charge in [0, 0.05) is 22.2 Å². The number of halogens is 1. The summed E-state index contributed by atoms with van der Waals surface area (Å²) in [5, 5.41) is 0.810. The first-order valence-corrected chi connectivity index (χ1v) is 9.94. The predicted molar refractivity (Wildman–Crippen MR) is 119 cm³/mol.